The fraction of sp³-hybridized carbons (Fsp3) is 1.00. The molecule has 0 bridgehead atoms. The quantitative estimate of drug-likeness (QED) is 0.156. The topological polar surface area (TPSA) is 251 Å². The van der Waals surface area contributed by atoms with Gasteiger partial charge in [0.25, 0.3) is 15.3 Å². The van der Waals surface area contributed by atoms with Gasteiger partial charge in [0, 0.05) is 0 Å². The van der Waals surface area contributed by atoms with Crippen molar-refractivity contribution in [1.82, 2.24) is 0 Å². The highest BCUT2D eigenvalue weighted by atomic mass is 33.1. The molecule has 0 radical (unpaired) electrons. The third-order valence-corrected chi connectivity index (χ3v) is 15.6. The Labute approximate surface area is 300 Å². The van der Waals surface area contributed by atoms with E-state index in [1.807, 2.05) is 0 Å². The van der Waals surface area contributed by atoms with Gasteiger partial charge in [-0.3, -0.25) is 0 Å². The summed E-state index contributed by atoms with van der Waals surface area (Å²) in [6.45, 7) is 2.55. The van der Waals surface area contributed by atoms with Crippen molar-refractivity contribution in [2.75, 3.05) is 52.9 Å². The largest absolute Gasteiger partial charge is 0.388 e. The zero-order chi connectivity index (χ0) is 34.2. The number of nitrogens with zero attached hydrogens (tertiary/aromatic N) is 3. The van der Waals surface area contributed by atoms with Gasteiger partial charge >= 0.3 is 0 Å². The van der Waals surface area contributed by atoms with E-state index >= 15 is 0 Å². The molecular formula is C25H37N3O18S4. The van der Waals surface area contributed by atoms with E-state index in [1.165, 1.54) is 0 Å². The van der Waals surface area contributed by atoms with Crippen LogP contribution in [0.1, 0.15) is 7.43 Å². The molecule has 25 heteroatoms. The molecule has 0 aliphatic carbocycles. The van der Waals surface area contributed by atoms with Gasteiger partial charge in [-0.15, -0.1) is 30.3 Å². The molecule has 0 aromatic rings. The lowest BCUT2D eigenvalue weighted by Gasteiger charge is -2.19. The number of aliphatic hydroxyl groups excluding tert-OH is 1. The van der Waals surface area contributed by atoms with Crippen LogP contribution in [0.15, 0.2) is 0 Å². The Morgan fingerprint density at radius 2 is 0.700 bits per heavy atom. The third kappa shape index (κ3) is 8.23. The average molecular weight is 796 g/mol. The summed E-state index contributed by atoms with van der Waals surface area (Å²) in [7, 11) is 6.37. The minimum absolute atomic E-state index is 0. The molecule has 0 aromatic heterocycles. The molecule has 8 aliphatic rings. The molecule has 0 aromatic carbocycles. The summed E-state index contributed by atoms with van der Waals surface area (Å²) in [4.78, 5) is 45.3. The first-order chi connectivity index (χ1) is 23.7. The predicted molar refractivity (Wildman–Crippen MR) is 172 cm³/mol. The lowest BCUT2D eigenvalue weighted by Crippen LogP contribution is -2.34. The fourth-order valence-corrected chi connectivity index (χ4v) is 13.1. The van der Waals surface area contributed by atoms with Crippen molar-refractivity contribution in [3.05, 3.63) is 30.3 Å². The van der Waals surface area contributed by atoms with E-state index in [9.17, 15) is 35.4 Å². The first kappa shape index (κ1) is 38.4. The van der Waals surface area contributed by atoms with E-state index in [-0.39, 0.29) is 78.8 Å². The molecular weight excluding hydrogens is 759 g/mol. The number of fused-ring (bicyclic) bond motifs is 4. The second-order valence-electron chi connectivity index (χ2n) is 12.1. The number of ether oxygens (including phenoxy) is 8. The molecule has 284 valence electrons. The van der Waals surface area contributed by atoms with Crippen molar-refractivity contribution in [3.8, 4) is 0 Å². The molecule has 0 amide bonds. The van der Waals surface area contributed by atoms with Crippen molar-refractivity contribution >= 4 is 43.2 Å². The van der Waals surface area contributed by atoms with Crippen LogP contribution in [0.3, 0.4) is 0 Å². The molecule has 16 atom stereocenters. The Balaban J connectivity index is 0.000000171. The molecule has 0 saturated carbocycles. The van der Waals surface area contributed by atoms with Gasteiger partial charge < -0.3 is 57.5 Å². The third-order valence-electron chi connectivity index (χ3n) is 9.14. The SMILES string of the molecule is C.O=[N+]([O-])OC1CO[C@@H]2C(SSC3CO[C@@H]4C(O)CO[C@H]34)CO[C@H]12.O=[N+]([O-])OC1CO[C@@H]2C(SSC3CO[C@@H]4C(O[N+](=O)[O-])CO[C@H]34)CO[C@H]12. The lowest BCUT2D eigenvalue weighted by atomic mass is 10.1. The monoisotopic (exact) mass is 795 g/mol. The molecule has 8 aliphatic heterocycles. The van der Waals surface area contributed by atoms with Gasteiger partial charge in [-0.05, 0) is 0 Å². The average Bonchev–Trinajstić information content (AvgIpc) is 3.88. The first-order valence-electron chi connectivity index (χ1n) is 15.3. The van der Waals surface area contributed by atoms with Crippen LogP contribution in [-0.2, 0) is 52.4 Å². The van der Waals surface area contributed by atoms with E-state index < -0.39 is 58.0 Å². The summed E-state index contributed by atoms with van der Waals surface area (Å²) in [6.07, 6.45) is -4.98. The molecule has 0 spiro atoms. The molecule has 8 saturated heterocycles. The van der Waals surface area contributed by atoms with Crippen molar-refractivity contribution < 1.29 is 72.8 Å². The maximum absolute atomic E-state index is 10.5. The van der Waals surface area contributed by atoms with Crippen molar-refractivity contribution in [1.29, 1.82) is 0 Å². The summed E-state index contributed by atoms with van der Waals surface area (Å²) < 4.78 is 44.9. The normalized spacial score (nSPS) is 45.1. The molecule has 8 heterocycles. The summed E-state index contributed by atoms with van der Waals surface area (Å²) in [6, 6.07) is 0. The Kier molecular flexibility index (Phi) is 12.9. The second kappa shape index (κ2) is 16.8. The van der Waals surface area contributed by atoms with E-state index in [2.05, 4.69) is 14.5 Å². The van der Waals surface area contributed by atoms with E-state index in [0.717, 1.165) is 0 Å². The number of rotatable bonds is 12. The van der Waals surface area contributed by atoms with Crippen LogP contribution in [0, 0.1) is 30.3 Å². The van der Waals surface area contributed by atoms with Crippen LogP contribution in [0.4, 0.5) is 0 Å². The van der Waals surface area contributed by atoms with Crippen LogP contribution in [0.2, 0.25) is 0 Å². The molecule has 8 fully saturated rings. The Bertz CT molecular complexity index is 1170. The van der Waals surface area contributed by atoms with E-state index in [0.29, 0.717) is 33.0 Å². The van der Waals surface area contributed by atoms with Crippen molar-refractivity contribution in [3.63, 3.8) is 0 Å². The zero-order valence-corrected chi connectivity index (χ0v) is 28.5. The van der Waals surface area contributed by atoms with Gasteiger partial charge in [-0.1, -0.05) is 50.6 Å². The van der Waals surface area contributed by atoms with Crippen LogP contribution in [0.5, 0.6) is 0 Å². The molecule has 50 heavy (non-hydrogen) atoms. The van der Waals surface area contributed by atoms with Crippen LogP contribution in [-0.4, -0.2) is 167 Å². The Morgan fingerprint density at radius 3 is 1.02 bits per heavy atom. The molecule has 21 nitrogen and oxygen atoms in total. The molecule has 8 unspecified atom stereocenters. The van der Waals surface area contributed by atoms with Crippen molar-refractivity contribution in [2.24, 2.45) is 0 Å². The lowest BCUT2D eigenvalue weighted by molar-refractivity contribution is -0.769. The second-order valence-corrected chi connectivity index (χ2v) is 17.6. The standard InChI is InChI=1S/C12H16N2O10S2.C12H17NO8S2.CH4/c15-13(16)23-5-1-19-11-7(3-21-9(5)11)25-26-8-4-22-10-6(24-14(17)18)2-20-12(8)10;14-5-1-17-11-7(3-19-9(5)11)22-23-8-4-20-10-6(21-13(15)16)2-18-12(8)10;/h5-12H,1-4H2;5-12,14H,1-4H2;1H4/t2*5?,6?,7?,8?,9-,10-,11-,12-;/m11./s1. The highest BCUT2D eigenvalue weighted by molar-refractivity contribution is 8.77. The Morgan fingerprint density at radius 1 is 0.440 bits per heavy atom. The van der Waals surface area contributed by atoms with Gasteiger partial charge in [0.15, 0.2) is 18.3 Å². The van der Waals surface area contributed by atoms with Gasteiger partial charge in [0.1, 0.15) is 54.9 Å². The fourth-order valence-electron chi connectivity index (χ4n) is 6.95. The highest BCUT2D eigenvalue weighted by Gasteiger charge is 2.54. The highest BCUT2D eigenvalue weighted by Crippen LogP contribution is 2.47. The first-order valence-corrected chi connectivity index (χ1v) is 19.9. The van der Waals surface area contributed by atoms with Gasteiger partial charge in [-0.2, -0.15) is 0 Å². The van der Waals surface area contributed by atoms with Gasteiger partial charge in [-0.25, -0.2) is 0 Å². The minimum Gasteiger partial charge on any atom is -0.388 e. The number of hydrogen-bond donors (Lipinski definition) is 1. The smallest absolute Gasteiger partial charge is 0.294 e. The van der Waals surface area contributed by atoms with E-state index in [4.69, 9.17) is 37.9 Å². The zero-order valence-electron chi connectivity index (χ0n) is 25.3. The number of aliphatic hydroxyl groups is 1. The van der Waals surface area contributed by atoms with Gasteiger partial charge in [0.05, 0.1) is 73.9 Å². The summed E-state index contributed by atoms with van der Waals surface area (Å²) >= 11 is 0. The predicted octanol–water partition coefficient (Wildman–Crippen LogP) is 0.128. The van der Waals surface area contributed by atoms with Gasteiger partial charge in [0.2, 0.25) is 0 Å². The maximum atomic E-state index is 10.5. The van der Waals surface area contributed by atoms with E-state index in [1.54, 1.807) is 43.2 Å². The number of hydrogen-bond acceptors (Lipinski definition) is 22. The molecule has 1 N–H and O–H groups in total. The van der Waals surface area contributed by atoms with Crippen molar-refractivity contribution in [2.45, 2.75) is 102 Å². The molecule has 8 rings (SSSR count). The Hall–Kier alpha value is -1.36. The minimum atomic E-state index is -0.828. The summed E-state index contributed by atoms with van der Waals surface area (Å²) in [5.41, 5.74) is 0. The van der Waals surface area contributed by atoms with Crippen LogP contribution in [0.25, 0.3) is 0 Å². The maximum Gasteiger partial charge on any atom is 0.294 e. The van der Waals surface area contributed by atoms with Crippen LogP contribution < -0.4 is 0 Å². The summed E-state index contributed by atoms with van der Waals surface area (Å²) in [5, 5.41) is 39.0. The summed E-state index contributed by atoms with van der Waals surface area (Å²) in [5.74, 6) is 0. The van der Waals surface area contributed by atoms with Crippen LogP contribution >= 0.6 is 43.2 Å².